The molecule has 0 spiro atoms. The molecule has 0 radical (unpaired) electrons. The summed E-state index contributed by atoms with van der Waals surface area (Å²) < 4.78 is 4.08. The van der Waals surface area contributed by atoms with Crippen molar-refractivity contribution in [2.75, 3.05) is 18.6 Å². The summed E-state index contributed by atoms with van der Waals surface area (Å²) in [6.07, 6.45) is 1.78. The second kappa shape index (κ2) is 5.30. The topological polar surface area (TPSA) is 110 Å². The first-order valence-electron chi connectivity index (χ1n) is 5.72. The van der Waals surface area contributed by atoms with E-state index in [9.17, 15) is 19.5 Å². The van der Waals surface area contributed by atoms with Crippen LogP contribution in [0.1, 0.15) is 6.92 Å². The first kappa shape index (κ1) is 15.2. The summed E-state index contributed by atoms with van der Waals surface area (Å²) in [5, 5.41) is 9.36. The maximum atomic E-state index is 11.9. The van der Waals surface area contributed by atoms with Gasteiger partial charge in [0.2, 0.25) is 5.91 Å². The van der Waals surface area contributed by atoms with E-state index in [1.54, 1.807) is 6.26 Å². The Labute approximate surface area is 123 Å². The van der Waals surface area contributed by atoms with Gasteiger partial charge in [-0.3, -0.25) is 14.5 Å². The molecule has 110 valence electrons. The SMILES string of the molecule is CSC12SCC(COC(C)=O)=C(C(=O)O)N1C(=O)C2N. The lowest BCUT2D eigenvalue weighted by Gasteiger charge is -2.56. The molecule has 7 nitrogen and oxygen atoms in total. The maximum Gasteiger partial charge on any atom is 0.352 e. The number of carboxylic acid groups (broad SMARTS) is 1. The number of β-lactam (4-membered cyclic amide) rings is 1. The molecule has 9 heteroatoms. The first-order chi connectivity index (χ1) is 9.35. The van der Waals surface area contributed by atoms with Crippen LogP contribution < -0.4 is 5.73 Å². The van der Waals surface area contributed by atoms with Gasteiger partial charge in [0.25, 0.3) is 0 Å². The van der Waals surface area contributed by atoms with Crippen LogP contribution in [0, 0.1) is 0 Å². The minimum atomic E-state index is -1.22. The number of amides is 1. The smallest absolute Gasteiger partial charge is 0.352 e. The molecule has 2 atom stereocenters. The van der Waals surface area contributed by atoms with Crippen molar-refractivity contribution >= 4 is 41.4 Å². The number of fused-ring (bicyclic) bond motifs is 1. The van der Waals surface area contributed by atoms with Gasteiger partial charge in [-0.1, -0.05) is 0 Å². The third kappa shape index (κ3) is 2.09. The number of nitrogens with zero attached hydrogens (tertiary/aromatic N) is 1. The Hall–Kier alpha value is -1.19. The highest BCUT2D eigenvalue weighted by Gasteiger charge is 2.63. The van der Waals surface area contributed by atoms with Crippen molar-refractivity contribution in [1.29, 1.82) is 0 Å². The molecule has 0 saturated carbocycles. The molecular weight excluding hydrogens is 304 g/mol. The average Bonchev–Trinajstić information content (AvgIpc) is 2.42. The first-order valence-corrected chi connectivity index (χ1v) is 7.93. The minimum absolute atomic E-state index is 0.119. The Balaban J connectivity index is 2.38. The van der Waals surface area contributed by atoms with Gasteiger partial charge in [-0.2, -0.15) is 0 Å². The molecule has 20 heavy (non-hydrogen) atoms. The molecular formula is C11H14N2O5S2. The van der Waals surface area contributed by atoms with E-state index >= 15 is 0 Å². The zero-order chi connectivity index (χ0) is 15.1. The van der Waals surface area contributed by atoms with Crippen LogP contribution in [0.15, 0.2) is 11.3 Å². The average molecular weight is 318 g/mol. The van der Waals surface area contributed by atoms with E-state index in [0.29, 0.717) is 11.3 Å². The van der Waals surface area contributed by atoms with E-state index in [0.717, 1.165) is 0 Å². The summed E-state index contributed by atoms with van der Waals surface area (Å²) in [6.45, 7) is 1.11. The Morgan fingerprint density at radius 3 is 2.80 bits per heavy atom. The highest BCUT2D eigenvalue weighted by molar-refractivity contribution is 8.18. The van der Waals surface area contributed by atoms with Gasteiger partial charge in [-0.05, 0) is 6.26 Å². The lowest BCUT2D eigenvalue weighted by atomic mass is 10.0. The van der Waals surface area contributed by atoms with Crippen LogP contribution in [0.4, 0.5) is 0 Å². The van der Waals surface area contributed by atoms with Crippen LogP contribution in [0.25, 0.3) is 0 Å². The third-order valence-corrected chi connectivity index (χ3v) is 6.37. The van der Waals surface area contributed by atoms with Crippen LogP contribution in [-0.2, 0) is 19.1 Å². The van der Waals surface area contributed by atoms with Crippen molar-refractivity contribution in [3.05, 3.63) is 11.3 Å². The van der Waals surface area contributed by atoms with E-state index in [4.69, 9.17) is 10.5 Å². The zero-order valence-corrected chi connectivity index (χ0v) is 12.5. The van der Waals surface area contributed by atoms with Crippen molar-refractivity contribution in [3.8, 4) is 0 Å². The second-order valence-electron chi connectivity index (χ2n) is 4.31. The molecule has 2 rings (SSSR count). The number of nitrogens with two attached hydrogens (primary N) is 1. The summed E-state index contributed by atoms with van der Waals surface area (Å²) in [4.78, 5) is 35.4. The van der Waals surface area contributed by atoms with Crippen LogP contribution in [0.2, 0.25) is 0 Å². The van der Waals surface area contributed by atoms with Gasteiger partial charge in [0, 0.05) is 18.2 Å². The van der Waals surface area contributed by atoms with Gasteiger partial charge in [-0.15, -0.1) is 23.5 Å². The summed E-state index contributed by atoms with van der Waals surface area (Å²) >= 11 is 2.72. The number of rotatable bonds is 4. The molecule has 0 aromatic rings. The second-order valence-corrected chi connectivity index (χ2v) is 6.80. The van der Waals surface area contributed by atoms with Gasteiger partial charge in [0.05, 0.1) is 0 Å². The van der Waals surface area contributed by atoms with Gasteiger partial charge in [-0.25, -0.2) is 4.79 Å². The van der Waals surface area contributed by atoms with E-state index < -0.39 is 28.1 Å². The fourth-order valence-corrected chi connectivity index (χ4v) is 4.74. The number of aliphatic carboxylic acids is 1. The van der Waals surface area contributed by atoms with Crippen LogP contribution >= 0.6 is 23.5 Å². The molecule has 0 bridgehead atoms. The fourth-order valence-electron chi connectivity index (χ4n) is 2.18. The number of carboxylic acids is 1. The highest BCUT2D eigenvalue weighted by atomic mass is 32.2. The van der Waals surface area contributed by atoms with Crippen LogP contribution in [-0.4, -0.2) is 56.7 Å². The van der Waals surface area contributed by atoms with Crippen molar-refractivity contribution in [3.63, 3.8) is 0 Å². The number of esters is 1. The third-order valence-electron chi connectivity index (χ3n) is 3.15. The number of carbonyl (C=O) groups is 3. The zero-order valence-electron chi connectivity index (χ0n) is 10.9. The molecule has 2 aliphatic heterocycles. The van der Waals surface area contributed by atoms with E-state index in [-0.39, 0.29) is 12.3 Å². The number of ether oxygens (including phenoxy) is 1. The molecule has 0 aromatic carbocycles. The molecule has 1 saturated heterocycles. The van der Waals surface area contributed by atoms with Crippen molar-refractivity contribution in [1.82, 2.24) is 4.90 Å². The van der Waals surface area contributed by atoms with Crippen molar-refractivity contribution < 1.29 is 24.2 Å². The summed E-state index contributed by atoms with van der Waals surface area (Å²) in [7, 11) is 0. The van der Waals surface area contributed by atoms with Gasteiger partial charge in [0.15, 0.2) is 4.20 Å². The molecule has 0 aromatic heterocycles. The number of thioether (sulfide) groups is 2. The van der Waals surface area contributed by atoms with E-state index in [1.165, 1.54) is 35.3 Å². The Morgan fingerprint density at radius 2 is 2.30 bits per heavy atom. The summed E-state index contributed by atoms with van der Waals surface area (Å²) in [5.41, 5.74) is 6.10. The lowest BCUT2D eigenvalue weighted by molar-refractivity contribution is -0.149. The predicted molar refractivity (Wildman–Crippen MR) is 74.8 cm³/mol. The van der Waals surface area contributed by atoms with Gasteiger partial charge >= 0.3 is 11.9 Å². The molecule has 2 heterocycles. The van der Waals surface area contributed by atoms with Crippen LogP contribution in [0.3, 0.4) is 0 Å². The summed E-state index contributed by atoms with van der Waals surface area (Å²) in [6, 6.07) is -0.730. The monoisotopic (exact) mass is 318 g/mol. The molecule has 2 unspecified atom stereocenters. The van der Waals surface area contributed by atoms with E-state index in [2.05, 4.69) is 0 Å². The number of hydrogen-bond donors (Lipinski definition) is 2. The lowest BCUT2D eigenvalue weighted by Crippen LogP contribution is -2.75. The molecule has 2 aliphatic rings. The predicted octanol–water partition coefficient (Wildman–Crippen LogP) is -0.179. The Morgan fingerprint density at radius 1 is 1.65 bits per heavy atom. The Kier molecular flexibility index (Phi) is 4.03. The Bertz CT molecular complexity index is 521. The fraction of sp³-hybridized carbons (Fsp3) is 0.545. The normalized spacial score (nSPS) is 28.9. The van der Waals surface area contributed by atoms with Crippen LogP contribution in [0.5, 0.6) is 0 Å². The van der Waals surface area contributed by atoms with Gasteiger partial charge < -0.3 is 15.6 Å². The van der Waals surface area contributed by atoms with Crippen molar-refractivity contribution in [2.45, 2.75) is 17.2 Å². The van der Waals surface area contributed by atoms with Gasteiger partial charge in [0.1, 0.15) is 18.3 Å². The van der Waals surface area contributed by atoms with Crippen molar-refractivity contribution in [2.24, 2.45) is 5.73 Å². The minimum Gasteiger partial charge on any atom is -0.477 e. The standard InChI is InChI=1S/C11H14N2O5S2/c1-5(14)18-3-6-4-20-11(19-2)8(12)9(15)13(11)7(6)10(16)17/h8H,3-4,12H2,1-2H3,(H,16,17). The molecule has 1 amide bonds. The highest BCUT2D eigenvalue weighted by Crippen LogP contribution is 2.54. The molecule has 3 N–H and O–H groups in total. The van der Waals surface area contributed by atoms with E-state index in [1.807, 2.05) is 0 Å². The maximum absolute atomic E-state index is 11.9. The molecule has 1 fully saturated rings. The number of carbonyl (C=O) groups excluding carboxylic acids is 2. The quantitative estimate of drug-likeness (QED) is 0.543. The summed E-state index contributed by atoms with van der Waals surface area (Å²) in [5.74, 6) is -1.79. The number of hydrogen-bond acceptors (Lipinski definition) is 7. The molecule has 0 aliphatic carbocycles. The largest absolute Gasteiger partial charge is 0.477 e.